The maximum absolute atomic E-state index is 11.2. The molecular formula is C15H18N2O. The van der Waals surface area contributed by atoms with Gasteiger partial charge in [-0.05, 0) is 17.0 Å². The minimum Gasteiger partial charge on any atom is -0.380 e. The van der Waals surface area contributed by atoms with Crippen LogP contribution in [0.15, 0.2) is 48.8 Å². The summed E-state index contributed by atoms with van der Waals surface area (Å²) in [6, 6.07) is 11.5. The van der Waals surface area contributed by atoms with Gasteiger partial charge in [0.1, 0.15) is 5.60 Å². The Kier molecular flexibility index (Phi) is 3.18. The molecule has 0 saturated carbocycles. The molecule has 0 spiro atoms. The van der Waals surface area contributed by atoms with E-state index in [4.69, 9.17) is 0 Å². The predicted octanol–water partition coefficient (Wildman–Crippen LogP) is 2.76. The summed E-state index contributed by atoms with van der Waals surface area (Å²) in [5, 5.41) is 18.9. The Morgan fingerprint density at radius 1 is 0.889 bits per heavy atom. The standard InChI is InChI=1S/C15H18N2O/c1-14(2,3)15(18,12-7-5-4-6-8-12)13-9-10-16-17-11-13/h4-11,18H,1-3H3. The molecule has 0 bridgehead atoms. The van der Waals surface area contributed by atoms with E-state index in [1.807, 2.05) is 57.2 Å². The zero-order valence-electron chi connectivity index (χ0n) is 11.0. The van der Waals surface area contributed by atoms with Crippen LogP contribution in [0.25, 0.3) is 0 Å². The summed E-state index contributed by atoms with van der Waals surface area (Å²) in [5.41, 5.74) is 0.198. The number of benzene rings is 1. The number of nitrogens with zero attached hydrogens (tertiary/aromatic N) is 2. The molecule has 2 aromatic rings. The van der Waals surface area contributed by atoms with Crippen LogP contribution in [-0.4, -0.2) is 15.3 Å². The zero-order valence-corrected chi connectivity index (χ0v) is 11.0. The molecule has 0 aliphatic carbocycles. The van der Waals surface area contributed by atoms with Gasteiger partial charge in [0, 0.05) is 11.8 Å². The number of hydrogen-bond acceptors (Lipinski definition) is 3. The third-order valence-corrected chi connectivity index (χ3v) is 3.28. The average molecular weight is 242 g/mol. The van der Waals surface area contributed by atoms with Crippen molar-refractivity contribution in [3.63, 3.8) is 0 Å². The number of hydrogen-bond donors (Lipinski definition) is 1. The van der Waals surface area contributed by atoms with Gasteiger partial charge < -0.3 is 5.11 Å². The second kappa shape index (κ2) is 4.50. The van der Waals surface area contributed by atoms with Crippen LogP contribution in [0, 0.1) is 5.41 Å². The van der Waals surface area contributed by atoms with Crippen LogP contribution < -0.4 is 0 Å². The second-order valence-electron chi connectivity index (χ2n) is 5.46. The monoisotopic (exact) mass is 242 g/mol. The van der Waals surface area contributed by atoms with Gasteiger partial charge in [-0.15, -0.1) is 0 Å². The molecule has 0 aliphatic rings. The normalized spacial score (nSPS) is 15.1. The van der Waals surface area contributed by atoms with Gasteiger partial charge in [-0.3, -0.25) is 0 Å². The molecule has 18 heavy (non-hydrogen) atoms. The van der Waals surface area contributed by atoms with E-state index < -0.39 is 5.60 Å². The molecule has 2 rings (SSSR count). The van der Waals surface area contributed by atoms with Crippen LogP contribution >= 0.6 is 0 Å². The molecule has 3 nitrogen and oxygen atoms in total. The van der Waals surface area contributed by atoms with Crippen molar-refractivity contribution in [3.8, 4) is 0 Å². The third-order valence-electron chi connectivity index (χ3n) is 3.28. The highest BCUT2D eigenvalue weighted by atomic mass is 16.3. The lowest BCUT2D eigenvalue weighted by molar-refractivity contribution is -0.0263. The van der Waals surface area contributed by atoms with E-state index in [1.54, 1.807) is 12.4 Å². The lowest BCUT2D eigenvalue weighted by Gasteiger charge is -2.41. The number of aromatic nitrogens is 2. The fraction of sp³-hybridized carbons (Fsp3) is 0.333. The first kappa shape index (κ1) is 12.7. The highest BCUT2D eigenvalue weighted by Crippen LogP contribution is 2.44. The maximum atomic E-state index is 11.2. The second-order valence-corrected chi connectivity index (χ2v) is 5.46. The van der Waals surface area contributed by atoms with Crippen molar-refractivity contribution in [3.05, 3.63) is 59.9 Å². The van der Waals surface area contributed by atoms with E-state index in [-0.39, 0.29) is 5.41 Å². The van der Waals surface area contributed by atoms with Crippen LogP contribution in [-0.2, 0) is 5.60 Å². The van der Waals surface area contributed by atoms with E-state index in [0.717, 1.165) is 11.1 Å². The first-order valence-corrected chi connectivity index (χ1v) is 6.01. The summed E-state index contributed by atoms with van der Waals surface area (Å²) in [6.45, 7) is 6.04. The maximum Gasteiger partial charge on any atom is 0.121 e. The van der Waals surface area contributed by atoms with E-state index in [1.165, 1.54) is 0 Å². The van der Waals surface area contributed by atoms with Crippen molar-refractivity contribution in [2.24, 2.45) is 5.41 Å². The Morgan fingerprint density at radius 2 is 1.56 bits per heavy atom. The van der Waals surface area contributed by atoms with Crippen molar-refractivity contribution in [1.29, 1.82) is 0 Å². The Labute approximate surface area is 108 Å². The highest BCUT2D eigenvalue weighted by molar-refractivity contribution is 5.36. The summed E-state index contributed by atoms with van der Waals surface area (Å²) in [5.74, 6) is 0. The molecule has 1 N–H and O–H groups in total. The summed E-state index contributed by atoms with van der Waals surface area (Å²) in [7, 11) is 0. The number of aliphatic hydroxyl groups is 1. The van der Waals surface area contributed by atoms with Gasteiger partial charge in [-0.25, -0.2) is 0 Å². The minimum absolute atomic E-state index is 0.350. The Hall–Kier alpha value is -1.74. The molecule has 1 aromatic carbocycles. The molecular weight excluding hydrogens is 224 g/mol. The molecule has 1 heterocycles. The van der Waals surface area contributed by atoms with Crippen molar-refractivity contribution < 1.29 is 5.11 Å². The lowest BCUT2D eigenvalue weighted by atomic mass is 9.69. The Morgan fingerprint density at radius 3 is 2.06 bits per heavy atom. The summed E-state index contributed by atoms with van der Waals surface area (Å²) >= 11 is 0. The molecule has 1 atom stereocenters. The third kappa shape index (κ3) is 2.02. The van der Waals surface area contributed by atoms with Crippen LogP contribution in [0.4, 0.5) is 0 Å². The van der Waals surface area contributed by atoms with Crippen LogP contribution in [0.3, 0.4) is 0 Å². The molecule has 0 amide bonds. The fourth-order valence-corrected chi connectivity index (χ4v) is 2.22. The van der Waals surface area contributed by atoms with Crippen molar-refractivity contribution in [2.75, 3.05) is 0 Å². The van der Waals surface area contributed by atoms with E-state index in [2.05, 4.69) is 10.2 Å². The Balaban J connectivity index is 2.63. The molecule has 0 radical (unpaired) electrons. The van der Waals surface area contributed by atoms with Gasteiger partial charge >= 0.3 is 0 Å². The SMILES string of the molecule is CC(C)(C)C(O)(c1ccccc1)c1ccnnc1. The van der Waals surface area contributed by atoms with E-state index in [9.17, 15) is 5.11 Å². The van der Waals surface area contributed by atoms with Crippen LogP contribution in [0.5, 0.6) is 0 Å². The molecule has 1 aromatic heterocycles. The highest BCUT2D eigenvalue weighted by Gasteiger charge is 2.43. The van der Waals surface area contributed by atoms with Gasteiger partial charge in [-0.2, -0.15) is 10.2 Å². The van der Waals surface area contributed by atoms with Crippen molar-refractivity contribution in [2.45, 2.75) is 26.4 Å². The van der Waals surface area contributed by atoms with Gasteiger partial charge in [0.2, 0.25) is 0 Å². The Bertz CT molecular complexity index is 464. The topological polar surface area (TPSA) is 46.0 Å². The molecule has 0 saturated heterocycles. The fourth-order valence-electron chi connectivity index (χ4n) is 2.22. The van der Waals surface area contributed by atoms with Gasteiger partial charge in [0.25, 0.3) is 0 Å². The average Bonchev–Trinajstić information content (AvgIpc) is 2.38. The van der Waals surface area contributed by atoms with Crippen LogP contribution in [0.1, 0.15) is 31.9 Å². The number of rotatable bonds is 2. The lowest BCUT2D eigenvalue weighted by Crippen LogP contribution is -2.41. The van der Waals surface area contributed by atoms with Crippen LogP contribution in [0.2, 0.25) is 0 Å². The summed E-state index contributed by atoms with van der Waals surface area (Å²) < 4.78 is 0. The largest absolute Gasteiger partial charge is 0.380 e. The molecule has 0 aliphatic heterocycles. The first-order chi connectivity index (χ1) is 8.46. The zero-order chi connectivity index (χ0) is 13.2. The minimum atomic E-state index is -1.08. The summed E-state index contributed by atoms with van der Waals surface area (Å²) in [4.78, 5) is 0. The van der Waals surface area contributed by atoms with E-state index >= 15 is 0 Å². The smallest absolute Gasteiger partial charge is 0.121 e. The van der Waals surface area contributed by atoms with Gasteiger partial charge in [0.05, 0.1) is 6.20 Å². The predicted molar refractivity (Wildman–Crippen MR) is 70.9 cm³/mol. The van der Waals surface area contributed by atoms with Gasteiger partial charge in [-0.1, -0.05) is 51.1 Å². The quantitative estimate of drug-likeness (QED) is 0.880. The summed E-state index contributed by atoms with van der Waals surface area (Å²) in [6.07, 6.45) is 3.23. The van der Waals surface area contributed by atoms with Crippen molar-refractivity contribution in [1.82, 2.24) is 10.2 Å². The van der Waals surface area contributed by atoms with E-state index in [0.29, 0.717) is 0 Å². The van der Waals surface area contributed by atoms with Gasteiger partial charge in [0.15, 0.2) is 0 Å². The molecule has 94 valence electrons. The molecule has 3 heteroatoms. The molecule has 1 unspecified atom stereocenters. The first-order valence-electron chi connectivity index (χ1n) is 6.01. The molecule has 0 fully saturated rings. The van der Waals surface area contributed by atoms with Crippen molar-refractivity contribution >= 4 is 0 Å².